The summed E-state index contributed by atoms with van der Waals surface area (Å²) in [6.07, 6.45) is 1.74. The molecule has 1 aliphatic heterocycles. The number of nitrogens with zero attached hydrogens (tertiary/aromatic N) is 1. The summed E-state index contributed by atoms with van der Waals surface area (Å²) in [7, 11) is 0. The monoisotopic (exact) mass is 290 g/mol. The Hall–Kier alpha value is -0.840. The first kappa shape index (κ1) is 13.6. The van der Waals surface area contributed by atoms with Crippen LogP contribution in [0.4, 0.5) is 4.39 Å². The van der Waals surface area contributed by atoms with Crippen molar-refractivity contribution in [1.29, 1.82) is 0 Å². The molecule has 0 aromatic heterocycles. The maximum absolute atomic E-state index is 13.4. The summed E-state index contributed by atoms with van der Waals surface area (Å²) in [6.45, 7) is 1.09. The molecule has 98 valence electrons. The second kappa shape index (κ2) is 5.43. The second-order valence-corrected chi connectivity index (χ2v) is 5.21. The van der Waals surface area contributed by atoms with Gasteiger partial charge in [-0.25, -0.2) is 4.39 Å². The summed E-state index contributed by atoms with van der Waals surface area (Å²) in [5, 5.41) is 0.0671. The van der Waals surface area contributed by atoms with Crippen molar-refractivity contribution in [3.05, 3.63) is 33.6 Å². The predicted octanol–water partition coefficient (Wildman–Crippen LogP) is 2.70. The molecular weight excluding hydrogens is 278 g/mol. The predicted molar refractivity (Wildman–Crippen MR) is 69.5 cm³/mol. The number of hydrogen-bond acceptors (Lipinski definition) is 2. The summed E-state index contributed by atoms with van der Waals surface area (Å²) in [4.78, 5) is 13.8. The molecule has 0 spiro atoms. The number of amides is 1. The Morgan fingerprint density at radius 2 is 2.11 bits per heavy atom. The number of carbonyl (C=O) groups excluding carboxylic acids is 1. The van der Waals surface area contributed by atoms with E-state index in [1.54, 1.807) is 4.90 Å². The fourth-order valence-corrected chi connectivity index (χ4v) is 2.52. The van der Waals surface area contributed by atoms with Crippen molar-refractivity contribution < 1.29 is 9.18 Å². The van der Waals surface area contributed by atoms with Crippen LogP contribution < -0.4 is 5.73 Å². The first-order valence-electron chi connectivity index (χ1n) is 5.68. The molecule has 2 rings (SSSR count). The smallest absolute Gasteiger partial charge is 0.255 e. The molecule has 6 heteroatoms. The van der Waals surface area contributed by atoms with Gasteiger partial charge in [-0.1, -0.05) is 23.2 Å². The van der Waals surface area contributed by atoms with Crippen LogP contribution in [0.25, 0.3) is 0 Å². The lowest BCUT2D eigenvalue weighted by Gasteiger charge is -2.31. The van der Waals surface area contributed by atoms with Crippen molar-refractivity contribution >= 4 is 29.1 Å². The first-order chi connectivity index (χ1) is 8.49. The average molecular weight is 291 g/mol. The maximum atomic E-state index is 13.4. The minimum absolute atomic E-state index is 0.0291. The van der Waals surface area contributed by atoms with E-state index < -0.39 is 5.82 Å². The molecule has 18 heavy (non-hydrogen) atoms. The molecule has 1 saturated heterocycles. The van der Waals surface area contributed by atoms with E-state index in [0.29, 0.717) is 13.1 Å². The molecule has 1 unspecified atom stereocenters. The molecule has 1 heterocycles. The van der Waals surface area contributed by atoms with Crippen LogP contribution in [-0.4, -0.2) is 29.9 Å². The second-order valence-electron chi connectivity index (χ2n) is 4.40. The lowest BCUT2D eigenvalue weighted by atomic mass is 10.1. The molecule has 1 amide bonds. The van der Waals surface area contributed by atoms with Crippen molar-refractivity contribution in [1.82, 2.24) is 4.90 Å². The van der Waals surface area contributed by atoms with Crippen LogP contribution in [0.2, 0.25) is 10.0 Å². The number of piperidine rings is 1. The van der Waals surface area contributed by atoms with Gasteiger partial charge in [0.15, 0.2) is 0 Å². The highest BCUT2D eigenvalue weighted by Crippen LogP contribution is 2.26. The SMILES string of the molecule is NC1CCCN(C(=O)c2cc(F)c(Cl)cc2Cl)C1. The quantitative estimate of drug-likeness (QED) is 0.809. The van der Waals surface area contributed by atoms with Gasteiger partial charge in [-0.15, -0.1) is 0 Å². The summed E-state index contributed by atoms with van der Waals surface area (Å²) in [6, 6.07) is 2.29. The highest BCUT2D eigenvalue weighted by Gasteiger charge is 2.24. The fraction of sp³-hybridized carbons (Fsp3) is 0.417. The van der Waals surface area contributed by atoms with Crippen molar-refractivity contribution in [2.45, 2.75) is 18.9 Å². The molecule has 0 bridgehead atoms. The zero-order valence-corrected chi connectivity index (χ0v) is 11.1. The van der Waals surface area contributed by atoms with Gasteiger partial charge in [0, 0.05) is 19.1 Å². The van der Waals surface area contributed by atoms with Gasteiger partial charge in [-0.2, -0.15) is 0 Å². The van der Waals surface area contributed by atoms with Gasteiger partial charge in [-0.05, 0) is 25.0 Å². The van der Waals surface area contributed by atoms with Crippen molar-refractivity contribution in [3.8, 4) is 0 Å². The number of hydrogen-bond donors (Lipinski definition) is 1. The van der Waals surface area contributed by atoms with Gasteiger partial charge >= 0.3 is 0 Å². The molecule has 1 aromatic carbocycles. The third-order valence-corrected chi connectivity index (χ3v) is 3.59. The highest BCUT2D eigenvalue weighted by molar-refractivity contribution is 6.36. The highest BCUT2D eigenvalue weighted by atomic mass is 35.5. The largest absolute Gasteiger partial charge is 0.337 e. The lowest BCUT2D eigenvalue weighted by Crippen LogP contribution is -2.45. The zero-order valence-electron chi connectivity index (χ0n) is 9.63. The lowest BCUT2D eigenvalue weighted by molar-refractivity contribution is 0.0708. The summed E-state index contributed by atoms with van der Waals surface area (Å²) in [5.74, 6) is -0.948. The van der Waals surface area contributed by atoms with E-state index in [4.69, 9.17) is 28.9 Å². The van der Waals surface area contributed by atoms with E-state index in [2.05, 4.69) is 0 Å². The van der Waals surface area contributed by atoms with Gasteiger partial charge in [0.1, 0.15) is 5.82 Å². The van der Waals surface area contributed by atoms with Crippen LogP contribution in [0.15, 0.2) is 12.1 Å². The van der Waals surface area contributed by atoms with E-state index in [1.165, 1.54) is 6.07 Å². The van der Waals surface area contributed by atoms with Crippen molar-refractivity contribution in [2.75, 3.05) is 13.1 Å². The van der Waals surface area contributed by atoms with Gasteiger partial charge in [0.25, 0.3) is 5.91 Å². The third-order valence-electron chi connectivity index (χ3n) is 2.99. The number of likely N-dealkylation sites (tertiary alicyclic amines) is 1. The molecule has 1 fully saturated rings. The number of carbonyl (C=O) groups is 1. The number of halogens is 3. The first-order valence-corrected chi connectivity index (χ1v) is 6.44. The standard InChI is InChI=1S/C12H13Cl2FN2O/c13-9-5-10(14)11(15)4-8(9)12(18)17-3-1-2-7(16)6-17/h4-5,7H,1-3,6,16H2. The van der Waals surface area contributed by atoms with E-state index >= 15 is 0 Å². The molecule has 0 saturated carbocycles. The fourth-order valence-electron chi connectivity index (χ4n) is 2.05. The van der Waals surface area contributed by atoms with Gasteiger partial charge in [-0.3, -0.25) is 4.79 Å². The van der Waals surface area contributed by atoms with Crippen molar-refractivity contribution in [2.24, 2.45) is 5.73 Å². The Balaban J connectivity index is 2.25. The van der Waals surface area contributed by atoms with Crippen molar-refractivity contribution in [3.63, 3.8) is 0 Å². The Morgan fingerprint density at radius 3 is 2.78 bits per heavy atom. The average Bonchev–Trinajstić information content (AvgIpc) is 2.33. The molecule has 0 radical (unpaired) electrons. The van der Waals surface area contributed by atoms with Crippen LogP contribution in [0.1, 0.15) is 23.2 Å². The molecule has 2 N–H and O–H groups in total. The summed E-state index contributed by atoms with van der Waals surface area (Å²) in [5.41, 5.74) is 5.94. The third kappa shape index (κ3) is 2.76. The minimum Gasteiger partial charge on any atom is -0.337 e. The maximum Gasteiger partial charge on any atom is 0.255 e. The number of rotatable bonds is 1. The molecule has 0 aliphatic carbocycles. The Labute approximate surface area is 115 Å². The van der Waals surface area contributed by atoms with E-state index in [9.17, 15) is 9.18 Å². The van der Waals surface area contributed by atoms with Crippen LogP contribution >= 0.6 is 23.2 Å². The number of nitrogens with two attached hydrogens (primary N) is 1. The number of benzene rings is 1. The van der Waals surface area contributed by atoms with Crippen LogP contribution in [-0.2, 0) is 0 Å². The Kier molecular flexibility index (Phi) is 4.10. The normalized spacial score (nSPS) is 20.0. The molecule has 1 aromatic rings. The molecule has 1 aliphatic rings. The summed E-state index contributed by atoms with van der Waals surface area (Å²) >= 11 is 11.5. The molecular formula is C12H13Cl2FN2O. The van der Waals surface area contributed by atoms with E-state index in [-0.39, 0.29) is 27.6 Å². The van der Waals surface area contributed by atoms with E-state index in [1.807, 2.05) is 0 Å². The van der Waals surface area contributed by atoms with Gasteiger partial charge < -0.3 is 10.6 Å². The molecule has 1 atom stereocenters. The summed E-state index contributed by atoms with van der Waals surface area (Å²) < 4.78 is 13.4. The van der Waals surface area contributed by atoms with Gasteiger partial charge in [0.05, 0.1) is 15.6 Å². The Morgan fingerprint density at radius 1 is 1.39 bits per heavy atom. The van der Waals surface area contributed by atoms with Crippen LogP contribution in [0.3, 0.4) is 0 Å². The minimum atomic E-state index is -0.647. The Bertz CT molecular complexity index is 481. The van der Waals surface area contributed by atoms with Crippen LogP contribution in [0.5, 0.6) is 0 Å². The zero-order chi connectivity index (χ0) is 13.3. The molecule has 3 nitrogen and oxygen atoms in total. The van der Waals surface area contributed by atoms with Gasteiger partial charge in [0.2, 0.25) is 0 Å². The van der Waals surface area contributed by atoms with Crippen LogP contribution in [0, 0.1) is 5.82 Å². The topological polar surface area (TPSA) is 46.3 Å². The van der Waals surface area contributed by atoms with E-state index in [0.717, 1.165) is 18.9 Å².